The third kappa shape index (κ3) is 7.65. The van der Waals surface area contributed by atoms with Gasteiger partial charge in [-0.25, -0.2) is 0 Å². The van der Waals surface area contributed by atoms with Crippen molar-refractivity contribution in [3.63, 3.8) is 0 Å². The highest BCUT2D eigenvalue weighted by Crippen LogP contribution is 2.41. The molecular formula is C31H44N2O2. The number of aliphatic carboxylic acids is 1. The molecule has 1 aliphatic carbocycles. The summed E-state index contributed by atoms with van der Waals surface area (Å²) in [5, 5.41) is 13.2. The monoisotopic (exact) mass is 476 g/mol. The second-order valence-corrected chi connectivity index (χ2v) is 10.9. The molecule has 35 heavy (non-hydrogen) atoms. The van der Waals surface area contributed by atoms with Crippen LogP contribution >= 0.6 is 0 Å². The SMILES string of the molecule is CCCC(NC1CC(CN2CCC(CCCc3ccccc3)CC2)C(c2ccccc2)C1)C(=O)O. The van der Waals surface area contributed by atoms with Crippen LogP contribution in [0.2, 0.25) is 0 Å². The predicted octanol–water partition coefficient (Wildman–Crippen LogP) is 6.13. The summed E-state index contributed by atoms with van der Waals surface area (Å²) in [6, 6.07) is 21.6. The molecule has 2 aliphatic rings. The number of benzene rings is 2. The Hall–Kier alpha value is -2.17. The van der Waals surface area contributed by atoms with Gasteiger partial charge in [0, 0.05) is 12.6 Å². The molecule has 2 N–H and O–H groups in total. The zero-order chi connectivity index (χ0) is 24.5. The van der Waals surface area contributed by atoms with E-state index in [1.165, 1.54) is 56.3 Å². The van der Waals surface area contributed by atoms with E-state index in [0.717, 1.165) is 31.7 Å². The number of nitrogens with zero attached hydrogens (tertiary/aromatic N) is 1. The predicted molar refractivity (Wildman–Crippen MR) is 144 cm³/mol. The quantitative estimate of drug-likeness (QED) is 0.387. The first-order valence-corrected chi connectivity index (χ1v) is 13.9. The van der Waals surface area contributed by atoms with Gasteiger partial charge in [0.25, 0.3) is 0 Å². The summed E-state index contributed by atoms with van der Waals surface area (Å²) in [6.45, 7) is 5.62. The Kier molecular flexibility index (Phi) is 9.79. The molecule has 4 unspecified atom stereocenters. The molecule has 2 fully saturated rings. The van der Waals surface area contributed by atoms with Gasteiger partial charge in [-0.2, -0.15) is 0 Å². The van der Waals surface area contributed by atoms with Gasteiger partial charge in [0.05, 0.1) is 0 Å². The van der Waals surface area contributed by atoms with Crippen LogP contribution in [0.15, 0.2) is 60.7 Å². The van der Waals surface area contributed by atoms with Gasteiger partial charge in [-0.1, -0.05) is 80.4 Å². The Morgan fingerprint density at radius 3 is 2.37 bits per heavy atom. The number of piperidine rings is 1. The molecule has 1 saturated carbocycles. The number of carboxylic acid groups (broad SMARTS) is 1. The Bertz CT molecular complexity index is 879. The topological polar surface area (TPSA) is 52.6 Å². The van der Waals surface area contributed by atoms with Crippen molar-refractivity contribution >= 4 is 5.97 Å². The lowest BCUT2D eigenvalue weighted by atomic mass is 9.87. The zero-order valence-corrected chi connectivity index (χ0v) is 21.4. The third-order valence-corrected chi connectivity index (χ3v) is 8.36. The highest BCUT2D eigenvalue weighted by atomic mass is 16.4. The van der Waals surface area contributed by atoms with Crippen LogP contribution in [-0.4, -0.2) is 47.7 Å². The zero-order valence-electron chi connectivity index (χ0n) is 21.4. The van der Waals surface area contributed by atoms with Crippen LogP contribution in [0.3, 0.4) is 0 Å². The van der Waals surface area contributed by atoms with Gasteiger partial charge in [0.15, 0.2) is 0 Å². The summed E-state index contributed by atoms with van der Waals surface area (Å²) in [5.74, 6) is 1.25. The second kappa shape index (κ2) is 13.2. The molecule has 0 bridgehead atoms. The summed E-state index contributed by atoms with van der Waals surface area (Å²) < 4.78 is 0. The minimum Gasteiger partial charge on any atom is -0.480 e. The Labute approximate surface area is 212 Å². The molecule has 2 aromatic carbocycles. The summed E-state index contributed by atoms with van der Waals surface area (Å²) in [5.41, 5.74) is 2.88. The normalized spacial score (nSPS) is 24.4. The molecule has 4 nitrogen and oxygen atoms in total. The number of hydrogen-bond acceptors (Lipinski definition) is 3. The number of carboxylic acids is 1. The summed E-state index contributed by atoms with van der Waals surface area (Å²) in [6.07, 6.45) is 10.2. The molecule has 1 aliphatic heterocycles. The minimum absolute atomic E-state index is 0.286. The van der Waals surface area contributed by atoms with Gasteiger partial charge >= 0.3 is 5.97 Å². The van der Waals surface area contributed by atoms with Crippen LogP contribution < -0.4 is 5.32 Å². The molecule has 1 heterocycles. The molecule has 4 heteroatoms. The number of aryl methyl sites for hydroxylation is 1. The maximum atomic E-state index is 11.7. The lowest BCUT2D eigenvalue weighted by molar-refractivity contribution is -0.139. The summed E-state index contributed by atoms with van der Waals surface area (Å²) in [7, 11) is 0. The molecule has 0 amide bonds. The summed E-state index contributed by atoms with van der Waals surface area (Å²) in [4.78, 5) is 14.4. The average molecular weight is 477 g/mol. The Balaban J connectivity index is 1.28. The third-order valence-electron chi connectivity index (χ3n) is 8.36. The maximum absolute atomic E-state index is 11.7. The molecule has 4 rings (SSSR count). The molecule has 2 aromatic rings. The lowest BCUT2D eigenvalue weighted by Gasteiger charge is -2.35. The molecular weight excluding hydrogens is 432 g/mol. The van der Waals surface area contributed by atoms with Crippen molar-refractivity contribution in [3.05, 3.63) is 71.8 Å². The second-order valence-electron chi connectivity index (χ2n) is 10.9. The van der Waals surface area contributed by atoms with Gasteiger partial charge in [0.1, 0.15) is 6.04 Å². The van der Waals surface area contributed by atoms with Gasteiger partial charge < -0.3 is 15.3 Å². The molecule has 0 radical (unpaired) electrons. The van der Waals surface area contributed by atoms with Crippen LogP contribution in [0, 0.1) is 11.8 Å². The van der Waals surface area contributed by atoms with E-state index in [1.54, 1.807) is 0 Å². The van der Waals surface area contributed by atoms with Crippen LogP contribution in [0.25, 0.3) is 0 Å². The number of likely N-dealkylation sites (tertiary alicyclic amines) is 1. The largest absolute Gasteiger partial charge is 0.480 e. The fraction of sp³-hybridized carbons (Fsp3) is 0.581. The van der Waals surface area contributed by atoms with Crippen LogP contribution in [-0.2, 0) is 11.2 Å². The highest BCUT2D eigenvalue weighted by Gasteiger charge is 2.38. The average Bonchev–Trinajstić information content (AvgIpc) is 3.28. The van der Waals surface area contributed by atoms with Crippen LogP contribution in [0.1, 0.15) is 75.3 Å². The lowest BCUT2D eigenvalue weighted by Crippen LogP contribution is -2.42. The van der Waals surface area contributed by atoms with E-state index in [2.05, 4.69) is 77.8 Å². The van der Waals surface area contributed by atoms with Crippen molar-refractivity contribution in [2.45, 2.75) is 82.7 Å². The van der Waals surface area contributed by atoms with Gasteiger partial charge in [-0.05, 0) is 86.9 Å². The first kappa shape index (κ1) is 25.9. The van der Waals surface area contributed by atoms with E-state index < -0.39 is 12.0 Å². The van der Waals surface area contributed by atoms with E-state index in [9.17, 15) is 9.90 Å². The van der Waals surface area contributed by atoms with Crippen molar-refractivity contribution in [1.29, 1.82) is 0 Å². The van der Waals surface area contributed by atoms with E-state index >= 15 is 0 Å². The number of rotatable bonds is 12. The fourth-order valence-corrected chi connectivity index (χ4v) is 6.45. The van der Waals surface area contributed by atoms with Crippen molar-refractivity contribution in [2.24, 2.45) is 11.8 Å². The number of nitrogens with one attached hydrogen (secondary N) is 1. The van der Waals surface area contributed by atoms with Crippen molar-refractivity contribution < 1.29 is 9.90 Å². The molecule has 190 valence electrons. The first-order valence-electron chi connectivity index (χ1n) is 13.9. The van der Waals surface area contributed by atoms with Gasteiger partial charge in [-0.3, -0.25) is 4.79 Å². The van der Waals surface area contributed by atoms with Gasteiger partial charge in [-0.15, -0.1) is 0 Å². The molecule has 1 saturated heterocycles. The van der Waals surface area contributed by atoms with Crippen LogP contribution in [0.5, 0.6) is 0 Å². The number of carbonyl (C=O) groups is 1. The molecule has 0 spiro atoms. The molecule has 4 atom stereocenters. The highest BCUT2D eigenvalue weighted by molar-refractivity contribution is 5.73. The van der Waals surface area contributed by atoms with Crippen molar-refractivity contribution in [1.82, 2.24) is 10.2 Å². The smallest absolute Gasteiger partial charge is 0.320 e. The van der Waals surface area contributed by atoms with E-state index in [-0.39, 0.29) is 6.04 Å². The minimum atomic E-state index is -0.708. The number of hydrogen-bond donors (Lipinski definition) is 2. The Morgan fingerprint density at radius 2 is 1.71 bits per heavy atom. The van der Waals surface area contributed by atoms with E-state index in [4.69, 9.17) is 0 Å². The first-order chi connectivity index (χ1) is 17.1. The van der Waals surface area contributed by atoms with E-state index in [0.29, 0.717) is 18.3 Å². The summed E-state index contributed by atoms with van der Waals surface area (Å²) >= 11 is 0. The van der Waals surface area contributed by atoms with E-state index in [1.807, 2.05) is 0 Å². The standard InChI is InChI=1S/C31H44N2O2/c1-2-10-30(31(34)35)32-28-21-27(29(22-28)26-15-7-4-8-16-26)23-33-19-17-25(18-20-33)14-9-13-24-11-5-3-6-12-24/h3-8,11-12,15-16,25,27-30,32H,2,9-10,13-14,17-23H2,1H3,(H,34,35). The van der Waals surface area contributed by atoms with Crippen molar-refractivity contribution in [2.75, 3.05) is 19.6 Å². The van der Waals surface area contributed by atoms with Crippen molar-refractivity contribution in [3.8, 4) is 0 Å². The van der Waals surface area contributed by atoms with Gasteiger partial charge in [0.2, 0.25) is 0 Å². The fourth-order valence-electron chi connectivity index (χ4n) is 6.45. The maximum Gasteiger partial charge on any atom is 0.320 e. The van der Waals surface area contributed by atoms with Crippen LogP contribution in [0.4, 0.5) is 0 Å². The molecule has 0 aromatic heterocycles. The Morgan fingerprint density at radius 1 is 1.03 bits per heavy atom.